The van der Waals surface area contributed by atoms with Gasteiger partial charge < -0.3 is 5.73 Å². The quantitative estimate of drug-likeness (QED) is 0.786. The fraction of sp³-hybridized carbons (Fsp3) is 0.333. The zero-order valence-corrected chi connectivity index (χ0v) is 9.01. The molecule has 0 amide bonds. The molecule has 0 heterocycles. The van der Waals surface area contributed by atoms with Crippen LogP contribution >= 0.6 is 0 Å². The minimum Gasteiger partial charge on any atom is -0.324 e. The first-order chi connectivity index (χ1) is 7.30. The largest absolute Gasteiger partial charge is 0.416 e. The second-order valence-corrected chi connectivity index (χ2v) is 3.89. The highest BCUT2D eigenvalue weighted by Gasteiger charge is 2.30. The van der Waals surface area contributed by atoms with Crippen LogP contribution in [-0.4, -0.2) is 0 Å². The molecule has 2 N–H and O–H groups in total. The molecule has 1 nitrogen and oxygen atoms in total. The molecule has 1 aromatic rings. The van der Waals surface area contributed by atoms with Crippen LogP contribution in [-0.2, 0) is 6.18 Å². The van der Waals surface area contributed by atoms with Gasteiger partial charge in [0, 0.05) is 6.04 Å². The number of hydrogen-bond acceptors (Lipinski definition) is 1. The number of nitrogens with two attached hydrogens (primary N) is 1. The van der Waals surface area contributed by atoms with Crippen LogP contribution in [0.4, 0.5) is 13.2 Å². The molecule has 0 unspecified atom stereocenters. The third kappa shape index (κ3) is 3.38. The zero-order chi connectivity index (χ0) is 12.3. The lowest BCUT2D eigenvalue weighted by molar-refractivity contribution is -0.137. The van der Waals surface area contributed by atoms with E-state index in [4.69, 9.17) is 5.73 Å². The van der Waals surface area contributed by atoms with Crippen LogP contribution in [0.2, 0.25) is 0 Å². The Hall–Kier alpha value is -1.29. The fourth-order valence-electron chi connectivity index (χ4n) is 1.41. The average molecular weight is 229 g/mol. The fourth-order valence-corrected chi connectivity index (χ4v) is 1.41. The van der Waals surface area contributed by atoms with Gasteiger partial charge in [0.05, 0.1) is 5.56 Å². The van der Waals surface area contributed by atoms with E-state index in [1.165, 1.54) is 12.1 Å². The van der Waals surface area contributed by atoms with E-state index in [-0.39, 0.29) is 6.04 Å². The van der Waals surface area contributed by atoms with E-state index in [1.807, 2.05) is 6.92 Å². The predicted octanol–water partition coefficient (Wildman–Crippen LogP) is 3.67. The van der Waals surface area contributed by atoms with Crippen LogP contribution < -0.4 is 5.73 Å². The molecule has 16 heavy (non-hydrogen) atoms. The summed E-state index contributed by atoms with van der Waals surface area (Å²) in [6, 6.07) is 4.63. The molecule has 0 bridgehead atoms. The highest BCUT2D eigenvalue weighted by Crippen LogP contribution is 2.30. The van der Waals surface area contributed by atoms with Gasteiger partial charge >= 0.3 is 6.18 Å². The molecule has 0 fully saturated rings. The van der Waals surface area contributed by atoms with Crippen molar-refractivity contribution in [3.8, 4) is 0 Å². The maximum absolute atomic E-state index is 12.3. The standard InChI is InChI=1S/C12H14F3N/c1-8(2)7-11(16)9-3-5-10(6-4-9)12(13,14)15/h3-6,11H,1,7,16H2,2H3/t11-/m1/s1. The summed E-state index contributed by atoms with van der Waals surface area (Å²) in [6.07, 6.45) is -3.72. The van der Waals surface area contributed by atoms with Crippen molar-refractivity contribution in [2.24, 2.45) is 5.73 Å². The molecule has 0 spiro atoms. The number of rotatable bonds is 3. The molecule has 4 heteroatoms. The summed E-state index contributed by atoms with van der Waals surface area (Å²) < 4.78 is 36.9. The molecule has 88 valence electrons. The van der Waals surface area contributed by atoms with E-state index in [0.717, 1.165) is 17.7 Å². The highest BCUT2D eigenvalue weighted by molar-refractivity contribution is 5.27. The highest BCUT2D eigenvalue weighted by atomic mass is 19.4. The molecule has 0 radical (unpaired) electrons. The van der Waals surface area contributed by atoms with Crippen molar-refractivity contribution >= 4 is 0 Å². The van der Waals surface area contributed by atoms with Crippen molar-refractivity contribution in [1.29, 1.82) is 0 Å². The maximum Gasteiger partial charge on any atom is 0.416 e. The first-order valence-corrected chi connectivity index (χ1v) is 4.88. The number of benzene rings is 1. The SMILES string of the molecule is C=C(C)C[C@@H](N)c1ccc(C(F)(F)F)cc1. The maximum atomic E-state index is 12.3. The van der Waals surface area contributed by atoms with Crippen LogP contribution in [0.3, 0.4) is 0 Å². The van der Waals surface area contributed by atoms with Gasteiger partial charge in [-0.3, -0.25) is 0 Å². The molecule has 0 aliphatic carbocycles. The Morgan fingerprint density at radius 1 is 1.31 bits per heavy atom. The molecule has 1 atom stereocenters. The zero-order valence-electron chi connectivity index (χ0n) is 9.01. The third-order valence-electron chi connectivity index (χ3n) is 2.23. The van der Waals surface area contributed by atoms with Crippen molar-refractivity contribution in [3.05, 3.63) is 47.5 Å². The average Bonchev–Trinajstić information content (AvgIpc) is 2.15. The number of alkyl halides is 3. The van der Waals surface area contributed by atoms with Crippen molar-refractivity contribution in [2.75, 3.05) is 0 Å². The monoisotopic (exact) mass is 229 g/mol. The lowest BCUT2D eigenvalue weighted by atomic mass is 10.00. The summed E-state index contributed by atoms with van der Waals surface area (Å²) >= 11 is 0. The van der Waals surface area contributed by atoms with Gasteiger partial charge in [-0.1, -0.05) is 17.7 Å². The first-order valence-electron chi connectivity index (χ1n) is 4.88. The number of halogens is 3. The van der Waals surface area contributed by atoms with Crippen molar-refractivity contribution in [2.45, 2.75) is 25.6 Å². The molecule has 1 rings (SSSR count). The van der Waals surface area contributed by atoms with Gasteiger partial charge in [0.1, 0.15) is 0 Å². The summed E-state index contributed by atoms with van der Waals surface area (Å²) in [7, 11) is 0. The van der Waals surface area contributed by atoms with Crippen LogP contribution in [0, 0.1) is 0 Å². The Labute approximate surface area is 92.8 Å². The Kier molecular flexibility index (Phi) is 3.75. The van der Waals surface area contributed by atoms with E-state index >= 15 is 0 Å². The minimum absolute atomic E-state index is 0.292. The second kappa shape index (κ2) is 4.70. The van der Waals surface area contributed by atoms with Crippen molar-refractivity contribution < 1.29 is 13.2 Å². The molecule has 0 saturated carbocycles. The Bertz CT molecular complexity index is 365. The van der Waals surface area contributed by atoms with Gasteiger partial charge in [0.15, 0.2) is 0 Å². The molecular formula is C12H14F3N. The number of hydrogen-bond donors (Lipinski definition) is 1. The molecule has 0 aliphatic heterocycles. The van der Waals surface area contributed by atoms with E-state index in [0.29, 0.717) is 12.0 Å². The smallest absolute Gasteiger partial charge is 0.324 e. The summed E-state index contributed by atoms with van der Waals surface area (Å²) in [5, 5.41) is 0. The van der Waals surface area contributed by atoms with Gasteiger partial charge in [-0.2, -0.15) is 13.2 Å². The summed E-state index contributed by atoms with van der Waals surface area (Å²) in [4.78, 5) is 0. The lowest BCUT2D eigenvalue weighted by Gasteiger charge is -2.13. The van der Waals surface area contributed by atoms with Gasteiger partial charge in [-0.05, 0) is 31.0 Å². The summed E-state index contributed by atoms with van der Waals surface area (Å²) in [5.41, 5.74) is 6.76. The van der Waals surface area contributed by atoms with Crippen molar-refractivity contribution in [3.63, 3.8) is 0 Å². The van der Waals surface area contributed by atoms with Crippen LogP contribution in [0.15, 0.2) is 36.4 Å². The van der Waals surface area contributed by atoms with Crippen LogP contribution in [0.1, 0.15) is 30.5 Å². The summed E-state index contributed by atoms with van der Waals surface area (Å²) in [5.74, 6) is 0. The lowest BCUT2D eigenvalue weighted by Crippen LogP contribution is -2.11. The Balaban J connectivity index is 2.83. The summed E-state index contributed by atoms with van der Waals surface area (Å²) in [6.45, 7) is 5.55. The van der Waals surface area contributed by atoms with Crippen LogP contribution in [0.5, 0.6) is 0 Å². The van der Waals surface area contributed by atoms with Gasteiger partial charge in [0.2, 0.25) is 0 Å². The van der Waals surface area contributed by atoms with E-state index in [9.17, 15) is 13.2 Å². The van der Waals surface area contributed by atoms with E-state index in [2.05, 4.69) is 6.58 Å². The van der Waals surface area contributed by atoms with Gasteiger partial charge in [-0.15, -0.1) is 6.58 Å². The molecule has 0 aromatic heterocycles. The molecular weight excluding hydrogens is 215 g/mol. The second-order valence-electron chi connectivity index (χ2n) is 3.89. The van der Waals surface area contributed by atoms with Gasteiger partial charge in [0.25, 0.3) is 0 Å². The molecule has 0 aliphatic rings. The Morgan fingerprint density at radius 2 is 1.81 bits per heavy atom. The van der Waals surface area contributed by atoms with Crippen molar-refractivity contribution in [1.82, 2.24) is 0 Å². The van der Waals surface area contributed by atoms with Crippen LogP contribution in [0.25, 0.3) is 0 Å². The Morgan fingerprint density at radius 3 is 2.19 bits per heavy atom. The van der Waals surface area contributed by atoms with E-state index in [1.54, 1.807) is 0 Å². The first kappa shape index (κ1) is 12.8. The molecule has 0 saturated heterocycles. The predicted molar refractivity (Wildman–Crippen MR) is 57.8 cm³/mol. The normalized spacial score (nSPS) is 13.6. The third-order valence-corrected chi connectivity index (χ3v) is 2.23. The van der Waals surface area contributed by atoms with E-state index < -0.39 is 11.7 Å². The molecule has 1 aromatic carbocycles. The topological polar surface area (TPSA) is 26.0 Å². The minimum atomic E-state index is -4.29. The van der Waals surface area contributed by atoms with Gasteiger partial charge in [-0.25, -0.2) is 0 Å².